The highest BCUT2D eigenvalue weighted by atomic mass is 16.1. The number of benzene rings is 1. The lowest BCUT2D eigenvalue weighted by Gasteiger charge is -2.18. The first-order valence-corrected chi connectivity index (χ1v) is 8.12. The molecule has 2 rings (SSSR count). The molecule has 21 heavy (non-hydrogen) atoms. The van der Waals surface area contributed by atoms with E-state index in [1.165, 1.54) is 32.1 Å². The SMILES string of the molecule is CCCCCCCC=CC1=Nc2ccccc2C(=O)C1C. The van der Waals surface area contributed by atoms with Gasteiger partial charge in [-0.05, 0) is 38.0 Å². The van der Waals surface area contributed by atoms with Crippen LogP contribution in [0.3, 0.4) is 0 Å². The van der Waals surface area contributed by atoms with Gasteiger partial charge in [0.1, 0.15) is 0 Å². The van der Waals surface area contributed by atoms with Crippen molar-refractivity contribution in [2.24, 2.45) is 10.9 Å². The summed E-state index contributed by atoms with van der Waals surface area (Å²) in [7, 11) is 0. The van der Waals surface area contributed by atoms with Crippen LogP contribution in [0.25, 0.3) is 0 Å². The Balaban J connectivity index is 1.94. The van der Waals surface area contributed by atoms with Crippen LogP contribution in [0.2, 0.25) is 0 Å². The number of Topliss-reactive ketones (excluding diaryl/α,β-unsaturated/α-hetero) is 1. The van der Waals surface area contributed by atoms with Crippen LogP contribution in [0.4, 0.5) is 5.69 Å². The van der Waals surface area contributed by atoms with Crippen molar-refractivity contribution in [2.75, 3.05) is 0 Å². The molecular formula is C19H25NO. The number of allylic oxidation sites excluding steroid dienone is 2. The van der Waals surface area contributed by atoms with Crippen LogP contribution >= 0.6 is 0 Å². The molecular weight excluding hydrogens is 258 g/mol. The van der Waals surface area contributed by atoms with Crippen LogP contribution in [0.15, 0.2) is 41.4 Å². The first-order valence-electron chi connectivity index (χ1n) is 8.12. The number of nitrogens with zero attached hydrogens (tertiary/aromatic N) is 1. The third kappa shape index (κ3) is 4.13. The molecule has 1 aromatic carbocycles. The molecule has 1 unspecified atom stereocenters. The normalized spacial score (nSPS) is 17.9. The van der Waals surface area contributed by atoms with Crippen molar-refractivity contribution >= 4 is 17.2 Å². The van der Waals surface area contributed by atoms with Crippen LogP contribution in [0.5, 0.6) is 0 Å². The summed E-state index contributed by atoms with van der Waals surface area (Å²) in [4.78, 5) is 17.0. The van der Waals surface area contributed by atoms with Gasteiger partial charge in [-0.25, -0.2) is 0 Å². The Morgan fingerprint density at radius 3 is 2.71 bits per heavy atom. The van der Waals surface area contributed by atoms with Gasteiger partial charge in [-0.1, -0.05) is 50.8 Å². The molecule has 0 radical (unpaired) electrons. The van der Waals surface area contributed by atoms with Crippen molar-refractivity contribution in [2.45, 2.75) is 52.4 Å². The molecule has 1 aromatic rings. The zero-order valence-corrected chi connectivity index (χ0v) is 13.1. The predicted molar refractivity (Wildman–Crippen MR) is 89.5 cm³/mol. The van der Waals surface area contributed by atoms with E-state index < -0.39 is 0 Å². The maximum atomic E-state index is 12.3. The van der Waals surface area contributed by atoms with E-state index in [9.17, 15) is 4.79 Å². The third-order valence-electron chi connectivity index (χ3n) is 4.02. The Morgan fingerprint density at radius 2 is 1.90 bits per heavy atom. The monoisotopic (exact) mass is 283 g/mol. The molecule has 0 spiro atoms. The van der Waals surface area contributed by atoms with E-state index >= 15 is 0 Å². The number of ketones is 1. The number of rotatable bonds is 7. The van der Waals surface area contributed by atoms with Crippen LogP contribution < -0.4 is 0 Å². The standard InChI is InChI=1S/C19H25NO/c1-3-4-5-6-7-8-9-13-17-15(2)19(21)16-12-10-11-14-18(16)20-17/h9-15H,3-8H2,1-2H3. The second-order valence-electron chi connectivity index (χ2n) is 5.75. The molecule has 112 valence electrons. The summed E-state index contributed by atoms with van der Waals surface area (Å²) in [5.41, 5.74) is 2.46. The van der Waals surface area contributed by atoms with Gasteiger partial charge in [0, 0.05) is 5.56 Å². The predicted octanol–water partition coefficient (Wildman–Crippen LogP) is 5.51. The largest absolute Gasteiger partial charge is 0.293 e. The quantitative estimate of drug-likeness (QED) is 0.607. The Morgan fingerprint density at radius 1 is 1.14 bits per heavy atom. The van der Waals surface area contributed by atoms with Crippen molar-refractivity contribution in [3.05, 3.63) is 42.0 Å². The third-order valence-corrected chi connectivity index (χ3v) is 4.02. The van der Waals surface area contributed by atoms with E-state index in [1.54, 1.807) is 0 Å². The molecule has 1 atom stereocenters. The Labute approximate surface area is 128 Å². The van der Waals surface area contributed by atoms with E-state index in [2.05, 4.69) is 18.0 Å². The minimum atomic E-state index is -0.128. The highest BCUT2D eigenvalue weighted by Crippen LogP contribution is 2.28. The number of hydrogen-bond acceptors (Lipinski definition) is 2. The van der Waals surface area contributed by atoms with Gasteiger partial charge in [-0.2, -0.15) is 0 Å². The van der Waals surface area contributed by atoms with Crippen molar-refractivity contribution in [1.82, 2.24) is 0 Å². The highest BCUT2D eigenvalue weighted by molar-refractivity contribution is 6.20. The molecule has 0 saturated heterocycles. The summed E-state index contributed by atoms with van der Waals surface area (Å²) in [5, 5.41) is 0. The maximum Gasteiger partial charge on any atom is 0.173 e. The van der Waals surface area contributed by atoms with Gasteiger partial charge in [0.05, 0.1) is 17.3 Å². The second-order valence-corrected chi connectivity index (χ2v) is 5.75. The van der Waals surface area contributed by atoms with E-state index in [-0.39, 0.29) is 11.7 Å². The summed E-state index contributed by atoms with van der Waals surface area (Å²) in [6, 6.07) is 7.61. The first kappa shape index (κ1) is 15.7. The number of unbranched alkanes of at least 4 members (excludes halogenated alkanes) is 5. The lowest BCUT2D eigenvalue weighted by molar-refractivity contribution is 0.0960. The molecule has 1 aliphatic rings. The van der Waals surface area contributed by atoms with E-state index in [0.717, 1.165) is 23.4 Å². The highest BCUT2D eigenvalue weighted by Gasteiger charge is 2.25. The molecule has 0 amide bonds. The minimum Gasteiger partial charge on any atom is -0.293 e. The second kappa shape index (κ2) is 7.92. The van der Waals surface area contributed by atoms with Crippen LogP contribution in [0, 0.1) is 5.92 Å². The molecule has 0 saturated carbocycles. The van der Waals surface area contributed by atoms with Crippen LogP contribution in [0.1, 0.15) is 62.7 Å². The lowest BCUT2D eigenvalue weighted by Crippen LogP contribution is -2.23. The lowest BCUT2D eigenvalue weighted by atomic mass is 9.90. The van der Waals surface area contributed by atoms with Gasteiger partial charge in [-0.3, -0.25) is 9.79 Å². The molecule has 0 bridgehead atoms. The smallest absolute Gasteiger partial charge is 0.173 e. The van der Waals surface area contributed by atoms with Crippen molar-refractivity contribution in [1.29, 1.82) is 0 Å². The van der Waals surface area contributed by atoms with Gasteiger partial charge in [0.2, 0.25) is 0 Å². The Bertz CT molecular complexity index is 542. The summed E-state index contributed by atoms with van der Waals surface area (Å²) in [5.74, 6) is 0.0550. The average Bonchev–Trinajstić information content (AvgIpc) is 2.51. The number of hydrogen-bond donors (Lipinski definition) is 0. The molecule has 2 heteroatoms. The molecule has 1 aliphatic heterocycles. The summed E-state index contributed by atoms with van der Waals surface area (Å²) < 4.78 is 0. The fourth-order valence-electron chi connectivity index (χ4n) is 2.63. The van der Waals surface area contributed by atoms with Gasteiger partial charge < -0.3 is 0 Å². The van der Waals surface area contributed by atoms with Gasteiger partial charge in [0.25, 0.3) is 0 Å². The average molecular weight is 283 g/mol. The number of carbonyl (C=O) groups excluding carboxylic acids is 1. The molecule has 0 aliphatic carbocycles. The van der Waals surface area contributed by atoms with Crippen molar-refractivity contribution < 1.29 is 4.79 Å². The number of fused-ring (bicyclic) bond motifs is 1. The van der Waals surface area contributed by atoms with Crippen LogP contribution in [-0.4, -0.2) is 11.5 Å². The zero-order valence-electron chi connectivity index (χ0n) is 13.1. The Hall–Kier alpha value is -1.70. The fraction of sp³-hybridized carbons (Fsp3) is 0.474. The molecule has 1 heterocycles. The Kier molecular flexibility index (Phi) is 5.91. The number of para-hydroxylation sites is 1. The fourth-order valence-corrected chi connectivity index (χ4v) is 2.63. The van der Waals surface area contributed by atoms with Crippen molar-refractivity contribution in [3.8, 4) is 0 Å². The van der Waals surface area contributed by atoms with E-state index in [1.807, 2.05) is 37.3 Å². The molecule has 2 nitrogen and oxygen atoms in total. The summed E-state index contributed by atoms with van der Waals surface area (Å²) in [6.45, 7) is 4.18. The van der Waals surface area contributed by atoms with Gasteiger partial charge in [0.15, 0.2) is 5.78 Å². The minimum absolute atomic E-state index is 0.128. The van der Waals surface area contributed by atoms with Crippen LogP contribution in [-0.2, 0) is 0 Å². The topological polar surface area (TPSA) is 29.4 Å². The molecule has 0 N–H and O–H groups in total. The van der Waals surface area contributed by atoms with Crippen molar-refractivity contribution in [3.63, 3.8) is 0 Å². The number of aliphatic imine (C=N–C) groups is 1. The first-order chi connectivity index (χ1) is 10.2. The van der Waals surface area contributed by atoms with E-state index in [4.69, 9.17) is 0 Å². The summed E-state index contributed by atoms with van der Waals surface area (Å²) in [6.07, 6.45) is 11.7. The number of carbonyl (C=O) groups is 1. The zero-order chi connectivity index (χ0) is 15.1. The summed E-state index contributed by atoms with van der Waals surface area (Å²) >= 11 is 0. The molecule has 0 aromatic heterocycles. The van der Waals surface area contributed by atoms with E-state index in [0.29, 0.717) is 0 Å². The van der Waals surface area contributed by atoms with Gasteiger partial charge >= 0.3 is 0 Å². The molecule has 0 fully saturated rings. The van der Waals surface area contributed by atoms with Gasteiger partial charge in [-0.15, -0.1) is 0 Å². The maximum absolute atomic E-state index is 12.3.